The van der Waals surface area contributed by atoms with Crippen LogP contribution in [0, 0.1) is 40.9 Å². The first-order valence-electron chi connectivity index (χ1n) is 15.5. The van der Waals surface area contributed by atoms with Crippen molar-refractivity contribution in [1.29, 1.82) is 0 Å². The fourth-order valence-electron chi connectivity index (χ4n) is 7.30. The monoisotopic (exact) mass is 587 g/mol. The molecule has 1 heterocycles. The van der Waals surface area contributed by atoms with Crippen molar-refractivity contribution in [2.75, 3.05) is 13.7 Å². The number of carbonyl (C=O) groups excluding carboxylic acids is 1. The summed E-state index contributed by atoms with van der Waals surface area (Å²) in [5.41, 5.74) is 0.849. The second-order valence-electron chi connectivity index (χ2n) is 13.7. The van der Waals surface area contributed by atoms with Gasteiger partial charge in [-0.2, -0.15) is 0 Å². The minimum absolute atomic E-state index is 0.000372. The van der Waals surface area contributed by atoms with Crippen molar-refractivity contribution in [2.24, 2.45) is 46.1 Å². The number of aliphatic hydroxyl groups is 1. The number of carbonyl (C=O) groups is 1. The van der Waals surface area contributed by atoms with E-state index in [0.717, 1.165) is 44.1 Å². The van der Waals surface area contributed by atoms with Crippen molar-refractivity contribution in [3.05, 3.63) is 0 Å². The summed E-state index contributed by atoms with van der Waals surface area (Å²) >= 11 is 0. The Balaban J connectivity index is 3.04. The molecule has 1 fully saturated rings. The van der Waals surface area contributed by atoms with Crippen LogP contribution in [-0.2, 0) is 19.0 Å². The van der Waals surface area contributed by atoms with Gasteiger partial charge in [-0.3, -0.25) is 0 Å². The van der Waals surface area contributed by atoms with E-state index in [0.29, 0.717) is 18.9 Å². The van der Waals surface area contributed by atoms with Gasteiger partial charge in [0.2, 0.25) is 0 Å². The molecule has 8 unspecified atom stereocenters. The van der Waals surface area contributed by atoms with Crippen LogP contribution in [0.5, 0.6) is 0 Å². The highest BCUT2D eigenvalue weighted by Crippen LogP contribution is 2.43. The number of oxime groups is 1. The van der Waals surface area contributed by atoms with E-state index in [9.17, 15) is 15.1 Å². The van der Waals surface area contributed by atoms with Crippen LogP contribution in [0.15, 0.2) is 5.16 Å². The highest BCUT2D eigenvalue weighted by molar-refractivity contribution is 7.18. The fourth-order valence-corrected chi connectivity index (χ4v) is 8.02. The molecule has 236 valence electrons. The van der Waals surface area contributed by atoms with Gasteiger partial charge in [-0.15, -0.1) is 9.24 Å². The van der Waals surface area contributed by atoms with Gasteiger partial charge < -0.3 is 29.3 Å². The Morgan fingerprint density at radius 3 is 2.27 bits per heavy atom. The normalized spacial score (nSPS) is 29.9. The lowest BCUT2D eigenvalue weighted by atomic mass is 9.65. The molecule has 1 saturated heterocycles. The van der Waals surface area contributed by atoms with E-state index in [-0.39, 0.29) is 52.4 Å². The first kappa shape index (κ1) is 37.4. The van der Waals surface area contributed by atoms with E-state index < -0.39 is 12.4 Å². The van der Waals surface area contributed by atoms with Crippen LogP contribution >= 0.6 is 9.24 Å². The predicted octanol–water partition coefficient (Wildman–Crippen LogP) is 6.97. The molecule has 7 nitrogen and oxygen atoms in total. The van der Waals surface area contributed by atoms with E-state index in [2.05, 4.69) is 62.9 Å². The highest BCUT2D eigenvalue weighted by Gasteiger charge is 2.41. The second kappa shape index (κ2) is 16.9. The molecule has 40 heavy (non-hydrogen) atoms. The van der Waals surface area contributed by atoms with Gasteiger partial charge in [0.1, 0.15) is 6.29 Å². The highest BCUT2D eigenvalue weighted by atomic mass is 31.0. The number of ether oxygens (including phenoxy) is 3. The third kappa shape index (κ3) is 10.3. The van der Waals surface area contributed by atoms with E-state index in [1.54, 1.807) is 7.11 Å². The standard InChI is InChI=1S/C32H62NO6P/c1-12-14-26(31(9,13-2)19-37-11)24(7)28(33-36)21(4)16-32(10,40)17-22(5)30(23(6)18-34)39-27-15-20(3)29(35)25(8)38-27/h18,20-27,29-30,35-36H,12-17,19,40H2,1-11H3/b33-28+/t20?,21-,22?,23?,24?,25?,26?,27+,29-,30+,31-,32?/m1/s1. The smallest absolute Gasteiger partial charge is 0.158 e. The summed E-state index contributed by atoms with van der Waals surface area (Å²) in [5, 5.41) is 24.2. The minimum Gasteiger partial charge on any atom is -0.411 e. The topological polar surface area (TPSA) is 97.6 Å². The summed E-state index contributed by atoms with van der Waals surface area (Å²) in [6.45, 7) is 21.9. The SMILES string of the molecule is CCCC(C(C)/C(=N/O)[C@H](C)CC(C)(P)CC(C)[C@H](O[C@H]1CC(C)[C@@H](O)C(C)O1)C(C)C=O)[C@](C)(CC)COC. The average molecular weight is 588 g/mol. The van der Waals surface area contributed by atoms with E-state index >= 15 is 0 Å². The van der Waals surface area contributed by atoms with Crippen molar-refractivity contribution in [1.82, 2.24) is 0 Å². The molecule has 0 aromatic rings. The predicted molar refractivity (Wildman–Crippen MR) is 167 cm³/mol. The zero-order valence-corrected chi connectivity index (χ0v) is 28.5. The van der Waals surface area contributed by atoms with Crippen molar-refractivity contribution < 1.29 is 29.3 Å². The Bertz CT molecular complexity index is 767. The van der Waals surface area contributed by atoms with E-state index in [4.69, 9.17) is 14.2 Å². The van der Waals surface area contributed by atoms with Crippen LogP contribution < -0.4 is 0 Å². The van der Waals surface area contributed by atoms with Gasteiger partial charge in [0.25, 0.3) is 0 Å². The molecule has 0 saturated carbocycles. The molecule has 1 aliphatic rings. The zero-order chi connectivity index (χ0) is 30.8. The summed E-state index contributed by atoms with van der Waals surface area (Å²) < 4.78 is 18.0. The molecule has 2 N–H and O–H groups in total. The zero-order valence-electron chi connectivity index (χ0n) is 27.4. The number of rotatable bonds is 18. The Hall–Kier alpha value is -0.590. The number of hydrogen-bond donors (Lipinski definition) is 2. The largest absolute Gasteiger partial charge is 0.411 e. The van der Waals surface area contributed by atoms with Crippen LogP contribution in [0.3, 0.4) is 0 Å². The van der Waals surface area contributed by atoms with Gasteiger partial charge in [0.05, 0.1) is 30.6 Å². The molecule has 8 heteroatoms. The van der Waals surface area contributed by atoms with Crippen molar-refractivity contribution in [3.8, 4) is 0 Å². The maximum Gasteiger partial charge on any atom is 0.158 e. The number of nitrogens with zero attached hydrogens (tertiary/aromatic N) is 1. The molecule has 0 aromatic carbocycles. The lowest BCUT2D eigenvalue weighted by Gasteiger charge is -2.42. The second-order valence-corrected chi connectivity index (χ2v) is 15.1. The van der Waals surface area contributed by atoms with Gasteiger partial charge in [0, 0.05) is 25.4 Å². The number of aldehydes is 1. The fraction of sp³-hybridized carbons (Fsp3) is 0.938. The summed E-state index contributed by atoms with van der Waals surface area (Å²) in [6.07, 6.45) is 4.75. The van der Waals surface area contributed by atoms with Crippen LogP contribution in [0.4, 0.5) is 0 Å². The van der Waals surface area contributed by atoms with Crippen LogP contribution in [-0.4, -0.2) is 65.8 Å². The number of methoxy groups -OCH3 is 1. The maximum atomic E-state index is 11.9. The van der Waals surface area contributed by atoms with Crippen molar-refractivity contribution in [3.63, 3.8) is 0 Å². The molecule has 0 aromatic heterocycles. The molecule has 0 aliphatic carbocycles. The summed E-state index contributed by atoms with van der Waals surface area (Å²) in [5.74, 6) is 0.400. The molecule has 1 rings (SSSR count). The van der Waals surface area contributed by atoms with Gasteiger partial charge in [0.15, 0.2) is 6.29 Å². The number of aliphatic hydroxyl groups excluding tert-OH is 1. The van der Waals surface area contributed by atoms with E-state index in [1.165, 1.54) is 0 Å². The molecular formula is C32H62NO6P. The Morgan fingerprint density at radius 1 is 1.18 bits per heavy atom. The molecule has 0 radical (unpaired) electrons. The molecule has 0 spiro atoms. The molecule has 13 atom stereocenters. The van der Waals surface area contributed by atoms with Crippen molar-refractivity contribution in [2.45, 2.75) is 138 Å². The Labute approximate surface area is 247 Å². The maximum absolute atomic E-state index is 11.9. The first-order chi connectivity index (χ1) is 18.6. The van der Waals surface area contributed by atoms with Crippen molar-refractivity contribution >= 4 is 21.2 Å². The molecule has 1 aliphatic heterocycles. The van der Waals surface area contributed by atoms with Crippen LogP contribution in [0.2, 0.25) is 0 Å². The quantitative estimate of drug-likeness (QED) is 0.0591. The van der Waals surface area contributed by atoms with E-state index in [1.807, 2.05) is 20.8 Å². The average Bonchev–Trinajstić information content (AvgIpc) is 2.87. The van der Waals surface area contributed by atoms with Crippen LogP contribution in [0.25, 0.3) is 0 Å². The van der Waals surface area contributed by atoms with Gasteiger partial charge in [-0.05, 0) is 66.8 Å². The van der Waals surface area contributed by atoms with Gasteiger partial charge >= 0.3 is 0 Å². The number of hydrogen-bond acceptors (Lipinski definition) is 7. The Morgan fingerprint density at radius 2 is 1.80 bits per heavy atom. The third-order valence-corrected chi connectivity index (χ3v) is 10.1. The lowest BCUT2D eigenvalue weighted by Crippen LogP contribution is -2.46. The summed E-state index contributed by atoms with van der Waals surface area (Å²) in [4.78, 5) is 11.9. The third-order valence-electron chi connectivity index (χ3n) is 9.63. The van der Waals surface area contributed by atoms with Gasteiger partial charge in [-0.25, -0.2) is 0 Å². The Kier molecular flexibility index (Phi) is 15.8. The lowest BCUT2D eigenvalue weighted by molar-refractivity contribution is -0.258. The first-order valence-corrected chi connectivity index (χ1v) is 16.1. The molecular weight excluding hydrogens is 525 g/mol. The summed E-state index contributed by atoms with van der Waals surface area (Å²) in [6, 6.07) is 0. The summed E-state index contributed by atoms with van der Waals surface area (Å²) in [7, 11) is 4.79. The van der Waals surface area contributed by atoms with Gasteiger partial charge in [-0.1, -0.05) is 73.9 Å². The minimum atomic E-state index is -0.512. The molecule has 0 amide bonds. The van der Waals surface area contributed by atoms with Crippen LogP contribution in [0.1, 0.15) is 108 Å². The molecule has 0 bridgehead atoms.